The summed E-state index contributed by atoms with van der Waals surface area (Å²) >= 11 is 0. The second-order valence-electron chi connectivity index (χ2n) is 2.93. The molecular formula is C10H14O2. The molecule has 1 rings (SSSR count). The van der Waals surface area contributed by atoms with Crippen molar-refractivity contribution in [1.82, 2.24) is 0 Å². The van der Waals surface area contributed by atoms with E-state index in [4.69, 9.17) is 9.84 Å². The highest BCUT2D eigenvalue weighted by molar-refractivity contribution is 5.43. The lowest BCUT2D eigenvalue weighted by molar-refractivity contribution is 0.273. The van der Waals surface area contributed by atoms with Gasteiger partial charge in [-0.3, -0.25) is 0 Å². The summed E-state index contributed by atoms with van der Waals surface area (Å²) in [6.07, 6.45) is 0. The van der Waals surface area contributed by atoms with Gasteiger partial charge in [-0.1, -0.05) is 17.7 Å². The number of hydrogen-bond acceptors (Lipinski definition) is 2. The van der Waals surface area contributed by atoms with E-state index in [0.717, 1.165) is 22.4 Å². The number of rotatable bonds is 2. The first-order chi connectivity index (χ1) is 5.69. The van der Waals surface area contributed by atoms with Crippen molar-refractivity contribution >= 4 is 0 Å². The Hall–Kier alpha value is -1.02. The molecule has 12 heavy (non-hydrogen) atoms. The molecule has 1 aromatic carbocycles. The van der Waals surface area contributed by atoms with E-state index in [2.05, 4.69) is 0 Å². The normalized spacial score (nSPS) is 10.0. The van der Waals surface area contributed by atoms with E-state index in [-0.39, 0.29) is 6.61 Å². The van der Waals surface area contributed by atoms with Crippen LogP contribution in [0, 0.1) is 13.8 Å². The predicted octanol–water partition coefficient (Wildman–Crippen LogP) is 1.80. The second kappa shape index (κ2) is 3.59. The minimum Gasteiger partial charge on any atom is -0.496 e. The number of hydrogen-bond donors (Lipinski definition) is 1. The molecular weight excluding hydrogens is 152 g/mol. The van der Waals surface area contributed by atoms with Crippen LogP contribution in [0.2, 0.25) is 0 Å². The van der Waals surface area contributed by atoms with Crippen LogP contribution in [0.5, 0.6) is 5.75 Å². The van der Waals surface area contributed by atoms with Crippen LogP contribution in [0.15, 0.2) is 12.1 Å². The van der Waals surface area contributed by atoms with Crippen LogP contribution in [-0.2, 0) is 6.61 Å². The van der Waals surface area contributed by atoms with Crippen molar-refractivity contribution in [3.05, 3.63) is 28.8 Å². The predicted molar refractivity (Wildman–Crippen MR) is 48.4 cm³/mol. The summed E-state index contributed by atoms with van der Waals surface area (Å²) in [5.74, 6) is 0.795. The molecule has 2 heteroatoms. The van der Waals surface area contributed by atoms with Gasteiger partial charge in [0.1, 0.15) is 5.75 Å². The monoisotopic (exact) mass is 166 g/mol. The molecule has 2 nitrogen and oxygen atoms in total. The number of aliphatic hydroxyl groups is 1. The first kappa shape index (κ1) is 9.07. The fourth-order valence-corrected chi connectivity index (χ4v) is 1.45. The van der Waals surface area contributed by atoms with Crippen molar-refractivity contribution in [3.8, 4) is 5.75 Å². The smallest absolute Gasteiger partial charge is 0.127 e. The van der Waals surface area contributed by atoms with Crippen LogP contribution in [0.3, 0.4) is 0 Å². The summed E-state index contributed by atoms with van der Waals surface area (Å²) in [4.78, 5) is 0. The quantitative estimate of drug-likeness (QED) is 0.726. The Bertz CT molecular complexity index is 279. The fraction of sp³-hybridized carbons (Fsp3) is 0.400. The molecule has 0 atom stereocenters. The summed E-state index contributed by atoms with van der Waals surface area (Å²) in [5, 5.41) is 9.02. The zero-order valence-electron chi connectivity index (χ0n) is 7.72. The first-order valence-electron chi connectivity index (χ1n) is 3.94. The third kappa shape index (κ3) is 1.59. The average Bonchev–Trinajstić information content (AvgIpc) is 2.03. The van der Waals surface area contributed by atoms with Crippen LogP contribution < -0.4 is 4.74 Å². The van der Waals surface area contributed by atoms with Gasteiger partial charge < -0.3 is 9.84 Å². The summed E-state index contributed by atoms with van der Waals surface area (Å²) in [6.45, 7) is 4.02. The van der Waals surface area contributed by atoms with Gasteiger partial charge in [-0.2, -0.15) is 0 Å². The molecule has 0 spiro atoms. The Morgan fingerprint density at radius 2 is 2.00 bits per heavy atom. The molecule has 0 saturated heterocycles. The third-order valence-electron chi connectivity index (χ3n) is 1.87. The molecule has 0 heterocycles. The third-order valence-corrected chi connectivity index (χ3v) is 1.87. The molecule has 0 radical (unpaired) electrons. The zero-order chi connectivity index (χ0) is 9.14. The highest BCUT2D eigenvalue weighted by Crippen LogP contribution is 2.24. The Kier molecular flexibility index (Phi) is 2.71. The van der Waals surface area contributed by atoms with Gasteiger partial charge >= 0.3 is 0 Å². The Morgan fingerprint density at radius 3 is 2.50 bits per heavy atom. The zero-order valence-corrected chi connectivity index (χ0v) is 7.72. The maximum atomic E-state index is 9.02. The lowest BCUT2D eigenvalue weighted by Gasteiger charge is -2.10. The molecule has 0 aliphatic heterocycles. The summed E-state index contributed by atoms with van der Waals surface area (Å²) in [5.41, 5.74) is 3.08. The standard InChI is InChI=1S/C10H14O2/c1-7-4-8(2)10(12-3)9(5-7)6-11/h4-5,11H,6H2,1-3H3. The molecule has 0 aromatic heterocycles. The van der Waals surface area contributed by atoms with Gasteiger partial charge in [0.2, 0.25) is 0 Å². The van der Waals surface area contributed by atoms with Crippen molar-refractivity contribution in [2.75, 3.05) is 7.11 Å². The Labute approximate surface area is 72.8 Å². The van der Waals surface area contributed by atoms with Crippen molar-refractivity contribution in [3.63, 3.8) is 0 Å². The molecule has 1 N–H and O–H groups in total. The number of benzene rings is 1. The highest BCUT2D eigenvalue weighted by atomic mass is 16.5. The van der Waals surface area contributed by atoms with E-state index in [1.165, 1.54) is 0 Å². The molecule has 0 unspecified atom stereocenters. The van der Waals surface area contributed by atoms with Gasteiger partial charge in [-0.25, -0.2) is 0 Å². The van der Waals surface area contributed by atoms with E-state index < -0.39 is 0 Å². The highest BCUT2D eigenvalue weighted by Gasteiger charge is 2.05. The van der Waals surface area contributed by atoms with Gasteiger partial charge in [0.05, 0.1) is 13.7 Å². The summed E-state index contributed by atoms with van der Waals surface area (Å²) < 4.78 is 5.16. The molecule has 0 aliphatic rings. The summed E-state index contributed by atoms with van der Waals surface area (Å²) in [6, 6.07) is 3.98. The van der Waals surface area contributed by atoms with Crippen molar-refractivity contribution in [2.24, 2.45) is 0 Å². The molecule has 0 bridgehead atoms. The van der Waals surface area contributed by atoms with Crippen LogP contribution >= 0.6 is 0 Å². The van der Waals surface area contributed by atoms with Crippen LogP contribution in [0.1, 0.15) is 16.7 Å². The van der Waals surface area contributed by atoms with Gasteiger partial charge in [-0.15, -0.1) is 0 Å². The lowest BCUT2D eigenvalue weighted by atomic mass is 10.1. The maximum Gasteiger partial charge on any atom is 0.127 e. The Morgan fingerprint density at radius 1 is 1.33 bits per heavy atom. The van der Waals surface area contributed by atoms with Crippen molar-refractivity contribution in [2.45, 2.75) is 20.5 Å². The average molecular weight is 166 g/mol. The van der Waals surface area contributed by atoms with E-state index in [1.54, 1.807) is 7.11 Å². The van der Waals surface area contributed by atoms with Gasteiger partial charge in [0.25, 0.3) is 0 Å². The van der Waals surface area contributed by atoms with Crippen molar-refractivity contribution in [1.29, 1.82) is 0 Å². The van der Waals surface area contributed by atoms with E-state index >= 15 is 0 Å². The van der Waals surface area contributed by atoms with Crippen LogP contribution in [-0.4, -0.2) is 12.2 Å². The SMILES string of the molecule is COc1c(C)cc(C)cc1CO. The van der Waals surface area contributed by atoms with E-state index in [1.807, 2.05) is 26.0 Å². The molecule has 0 aliphatic carbocycles. The Balaban J connectivity index is 3.24. The van der Waals surface area contributed by atoms with Gasteiger partial charge in [0.15, 0.2) is 0 Å². The minimum absolute atomic E-state index is 0.0334. The molecule has 0 amide bonds. The molecule has 0 fully saturated rings. The first-order valence-corrected chi connectivity index (χ1v) is 3.94. The van der Waals surface area contributed by atoms with Crippen LogP contribution in [0.4, 0.5) is 0 Å². The van der Waals surface area contributed by atoms with E-state index in [0.29, 0.717) is 0 Å². The maximum absolute atomic E-state index is 9.02. The largest absolute Gasteiger partial charge is 0.496 e. The minimum atomic E-state index is 0.0334. The summed E-state index contributed by atoms with van der Waals surface area (Å²) in [7, 11) is 1.62. The number of aryl methyl sites for hydroxylation is 2. The molecule has 1 aromatic rings. The number of methoxy groups -OCH3 is 1. The lowest BCUT2D eigenvalue weighted by Crippen LogP contribution is -1.95. The number of ether oxygens (including phenoxy) is 1. The second-order valence-corrected chi connectivity index (χ2v) is 2.93. The molecule has 66 valence electrons. The molecule has 0 saturated carbocycles. The van der Waals surface area contributed by atoms with E-state index in [9.17, 15) is 0 Å². The van der Waals surface area contributed by atoms with Crippen molar-refractivity contribution < 1.29 is 9.84 Å². The number of aliphatic hydroxyl groups excluding tert-OH is 1. The van der Waals surface area contributed by atoms with Gasteiger partial charge in [-0.05, 0) is 19.4 Å². The topological polar surface area (TPSA) is 29.5 Å². The fourth-order valence-electron chi connectivity index (χ4n) is 1.45. The van der Waals surface area contributed by atoms with Gasteiger partial charge in [0, 0.05) is 5.56 Å². The van der Waals surface area contributed by atoms with Crippen LogP contribution in [0.25, 0.3) is 0 Å².